The molecule has 0 bridgehead atoms. The highest BCUT2D eigenvalue weighted by Gasteiger charge is 2.22. The maximum atomic E-state index is 5.54. The van der Waals surface area contributed by atoms with Crippen molar-refractivity contribution >= 4 is 0 Å². The fourth-order valence-corrected chi connectivity index (χ4v) is 2.02. The van der Waals surface area contributed by atoms with Crippen molar-refractivity contribution in [2.45, 2.75) is 33.0 Å². The summed E-state index contributed by atoms with van der Waals surface area (Å²) in [4.78, 5) is 2.37. The van der Waals surface area contributed by atoms with Crippen LogP contribution >= 0.6 is 0 Å². The Kier molecular flexibility index (Phi) is 2.84. The highest BCUT2D eigenvalue weighted by Crippen LogP contribution is 2.21. The standard InChI is InChI=1S/C10H18N4/c1-2-4-14-10-8-13(5-3-11)7-9(10)6-12-14/h6H,2-5,7-8,11H2,1H3. The lowest BCUT2D eigenvalue weighted by Gasteiger charge is -2.13. The van der Waals surface area contributed by atoms with E-state index < -0.39 is 0 Å². The normalized spacial score (nSPS) is 16.1. The third kappa shape index (κ3) is 1.67. The molecule has 1 aliphatic heterocycles. The minimum Gasteiger partial charge on any atom is -0.329 e. The predicted octanol–water partition coefficient (Wildman–Crippen LogP) is 0.567. The molecule has 4 heteroatoms. The minimum absolute atomic E-state index is 0.742. The summed E-state index contributed by atoms with van der Waals surface area (Å²) in [6, 6.07) is 0. The Labute approximate surface area is 84.7 Å². The molecule has 0 radical (unpaired) electrons. The molecule has 1 aliphatic rings. The second kappa shape index (κ2) is 4.11. The summed E-state index contributed by atoms with van der Waals surface area (Å²) in [5.74, 6) is 0. The van der Waals surface area contributed by atoms with E-state index in [1.807, 2.05) is 6.20 Å². The Bertz CT molecular complexity index is 305. The fraction of sp³-hybridized carbons (Fsp3) is 0.700. The molecule has 0 amide bonds. The van der Waals surface area contributed by atoms with Crippen molar-refractivity contribution in [1.82, 2.24) is 14.7 Å². The lowest BCUT2D eigenvalue weighted by Crippen LogP contribution is -2.25. The first-order valence-electron chi connectivity index (χ1n) is 5.31. The number of nitrogens with zero attached hydrogens (tertiary/aromatic N) is 3. The zero-order valence-electron chi connectivity index (χ0n) is 8.74. The molecule has 2 N–H and O–H groups in total. The lowest BCUT2D eigenvalue weighted by atomic mass is 10.3. The van der Waals surface area contributed by atoms with E-state index in [1.165, 1.54) is 11.3 Å². The summed E-state index contributed by atoms with van der Waals surface area (Å²) < 4.78 is 2.13. The molecule has 2 heterocycles. The molecule has 0 unspecified atom stereocenters. The third-order valence-corrected chi connectivity index (χ3v) is 2.68. The fourth-order valence-electron chi connectivity index (χ4n) is 2.02. The van der Waals surface area contributed by atoms with Crippen LogP contribution in [0.5, 0.6) is 0 Å². The van der Waals surface area contributed by atoms with Gasteiger partial charge in [0, 0.05) is 38.3 Å². The highest BCUT2D eigenvalue weighted by atomic mass is 15.3. The van der Waals surface area contributed by atoms with Crippen molar-refractivity contribution in [2.75, 3.05) is 13.1 Å². The molecule has 0 saturated carbocycles. The van der Waals surface area contributed by atoms with Crippen LogP contribution in [0.1, 0.15) is 24.6 Å². The molecule has 4 nitrogen and oxygen atoms in total. The Morgan fingerprint density at radius 2 is 2.29 bits per heavy atom. The van der Waals surface area contributed by atoms with Crippen LogP contribution < -0.4 is 5.73 Å². The summed E-state index contributed by atoms with van der Waals surface area (Å²) in [6.07, 6.45) is 3.15. The molecule has 1 aromatic rings. The maximum absolute atomic E-state index is 5.54. The molecule has 0 aliphatic carbocycles. The zero-order chi connectivity index (χ0) is 9.97. The Balaban J connectivity index is 2.07. The molecule has 0 saturated heterocycles. The lowest BCUT2D eigenvalue weighted by molar-refractivity contribution is 0.284. The van der Waals surface area contributed by atoms with Gasteiger partial charge in [-0.05, 0) is 6.42 Å². The number of aryl methyl sites for hydroxylation is 1. The largest absolute Gasteiger partial charge is 0.329 e. The van der Waals surface area contributed by atoms with Crippen LogP contribution in [0.25, 0.3) is 0 Å². The van der Waals surface area contributed by atoms with Crippen LogP contribution in [-0.4, -0.2) is 27.8 Å². The van der Waals surface area contributed by atoms with Gasteiger partial charge >= 0.3 is 0 Å². The first-order valence-corrected chi connectivity index (χ1v) is 5.31. The monoisotopic (exact) mass is 194 g/mol. The topological polar surface area (TPSA) is 47.1 Å². The SMILES string of the molecule is CCCn1ncc2c1CN(CCN)C2. The van der Waals surface area contributed by atoms with E-state index in [9.17, 15) is 0 Å². The first kappa shape index (κ1) is 9.68. The van der Waals surface area contributed by atoms with Gasteiger partial charge in [-0.3, -0.25) is 9.58 Å². The van der Waals surface area contributed by atoms with Gasteiger partial charge in [0.05, 0.1) is 11.9 Å². The molecule has 78 valence electrons. The van der Waals surface area contributed by atoms with Crippen LogP contribution in [0, 0.1) is 0 Å². The van der Waals surface area contributed by atoms with Gasteiger partial charge < -0.3 is 5.73 Å². The van der Waals surface area contributed by atoms with Gasteiger partial charge in [-0.1, -0.05) is 6.92 Å². The van der Waals surface area contributed by atoms with E-state index in [4.69, 9.17) is 5.73 Å². The summed E-state index contributed by atoms with van der Waals surface area (Å²) >= 11 is 0. The first-order chi connectivity index (χ1) is 6.85. The van der Waals surface area contributed by atoms with E-state index >= 15 is 0 Å². The van der Waals surface area contributed by atoms with Gasteiger partial charge in [-0.2, -0.15) is 5.10 Å². The van der Waals surface area contributed by atoms with Crippen LogP contribution in [0.2, 0.25) is 0 Å². The second-order valence-electron chi connectivity index (χ2n) is 3.84. The number of hydrogen-bond donors (Lipinski definition) is 1. The van der Waals surface area contributed by atoms with Crippen molar-refractivity contribution < 1.29 is 0 Å². The Morgan fingerprint density at radius 1 is 1.43 bits per heavy atom. The molecule has 0 spiro atoms. The summed E-state index contributed by atoms with van der Waals surface area (Å²) in [5.41, 5.74) is 8.32. The van der Waals surface area contributed by atoms with Crippen molar-refractivity contribution in [3.05, 3.63) is 17.5 Å². The average molecular weight is 194 g/mol. The zero-order valence-corrected chi connectivity index (χ0v) is 8.74. The van der Waals surface area contributed by atoms with Crippen LogP contribution in [0.4, 0.5) is 0 Å². The van der Waals surface area contributed by atoms with Gasteiger partial charge in [0.25, 0.3) is 0 Å². The van der Waals surface area contributed by atoms with Crippen molar-refractivity contribution in [1.29, 1.82) is 0 Å². The van der Waals surface area contributed by atoms with Crippen molar-refractivity contribution in [3.8, 4) is 0 Å². The number of nitrogens with two attached hydrogens (primary N) is 1. The third-order valence-electron chi connectivity index (χ3n) is 2.68. The van der Waals surface area contributed by atoms with E-state index in [1.54, 1.807) is 0 Å². The van der Waals surface area contributed by atoms with Crippen LogP contribution in [0.15, 0.2) is 6.20 Å². The quantitative estimate of drug-likeness (QED) is 0.762. The van der Waals surface area contributed by atoms with Gasteiger partial charge in [0.2, 0.25) is 0 Å². The molecule has 14 heavy (non-hydrogen) atoms. The summed E-state index contributed by atoms with van der Waals surface area (Å²) in [7, 11) is 0. The van der Waals surface area contributed by atoms with Crippen LogP contribution in [-0.2, 0) is 19.6 Å². The van der Waals surface area contributed by atoms with Gasteiger partial charge in [0.15, 0.2) is 0 Å². The van der Waals surface area contributed by atoms with Gasteiger partial charge in [0.1, 0.15) is 0 Å². The van der Waals surface area contributed by atoms with Gasteiger partial charge in [-0.25, -0.2) is 0 Å². The van der Waals surface area contributed by atoms with E-state index in [0.717, 1.165) is 39.1 Å². The molecule has 2 rings (SSSR count). The molecular weight excluding hydrogens is 176 g/mol. The van der Waals surface area contributed by atoms with Gasteiger partial charge in [-0.15, -0.1) is 0 Å². The average Bonchev–Trinajstić information content (AvgIpc) is 2.69. The smallest absolute Gasteiger partial charge is 0.0569 e. The number of hydrogen-bond acceptors (Lipinski definition) is 3. The van der Waals surface area contributed by atoms with Crippen molar-refractivity contribution in [2.24, 2.45) is 5.73 Å². The summed E-state index contributed by atoms with van der Waals surface area (Å²) in [5, 5.41) is 4.38. The second-order valence-corrected chi connectivity index (χ2v) is 3.84. The molecule has 0 atom stereocenters. The molecule has 0 fully saturated rings. The van der Waals surface area contributed by atoms with Crippen molar-refractivity contribution in [3.63, 3.8) is 0 Å². The minimum atomic E-state index is 0.742. The molecular formula is C10H18N4. The Hall–Kier alpha value is -0.870. The number of fused-ring (bicyclic) bond motifs is 1. The highest BCUT2D eigenvalue weighted by molar-refractivity contribution is 5.21. The number of rotatable bonds is 4. The van der Waals surface area contributed by atoms with E-state index in [-0.39, 0.29) is 0 Å². The van der Waals surface area contributed by atoms with E-state index in [2.05, 4.69) is 21.6 Å². The van der Waals surface area contributed by atoms with Crippen LogP contribution in [0.3, 0.4) is 0 Å². The Morgan fingerprint density at radius 3 is 3.00 bits per heavy atom. The maximum Gasteiger partial charge on any atom is 0.0569 e. The van der Waals surface area contributed by atoms with E-state index in [0.29, 0.717) is 0 Å². The summed E-state index contributed by atoms with van der Waals surface area (Å²) in [6.45, 7) is 6.99. The number of aromatic nitrogens is 2. The molecule has 0 aromatic carbocycles. The molecule has 1 aromatic heterocycles. The predicted molar refractivity (Wildman–Crippen MR) is 55.7 cm³/mol.